The highest BCUT2D eigenvalue weighted by atomic mass is 16.3. The van der Waals surface area contributed by atoms with Gasteiger partial charge in [-0.25, -0.2) is 9.48 Å². The lowest BCUT2D eigenvalue weighted by Gasteiger charge is -2.19. The van der Waals surface area contributed by atoms with Crippen LogP contribution in [0, 0.1) is 0 Å². The molecule has 29 heavy (non-hydrogen) atoms. The van der Waals surface area contributed by atoms with Gasteiger partial charge in [-0.15, -0.1) is 0 Å². The maximum Gasteiger partial charge on any atom is 0.344 e. The van der Waals surface area contributed by atoms with E-state index in [4.69, 9.17) is 4.42 Å². The van der Waals surface area contributed by atoms with Crippen molar-refractivity contribution >= 4 is 28.6 Å². The molecule has 3 aromatic rings. The van der Waals surface area contributed by atoms with Crippen LogP contribution in [0.2, 0.25) is 0 Å². The number of benzene rings is 1. The highest BCUT2D eigenvalue weighted by molar-refractivity contribution is 6.07. The van der Waals surface area contributed by atoms with Gasteiger partial charge in [0.15, 0.2) is 5.54 Å². The summed E-state index contributed by atoms with van der Waals surface area (Å²) in [6.45, 7) is 0.830. The van der Waals surface area contributed by atoms with Crippen LogP contribution in [0.15, 0.2) is 56.7 Å². The second kappa shape index (κ2) is 6.48. The van der Waals surface area contributed by atoms with Gasteiger partial charge in [-0.1, -0.05) is 12.1 Å². The van der Waals surface area contributed by atoms with E-state index >= 15 is 0 Å². The van der Waals surface area contributed by atoms with Crippen LogP contribution < -0.4 is 21.9 Å². The average molecular weight is 397 g/mol. The number of nitrogens with one attached hydrogen (secondary N) is 3. The second-order valence-corrected chi connectivity index (χ2v) is 6.59. The molecule has 3 N–H and O–H groups in total. The molecule has 4 rings (SSSR count). The molecule has 148 valence electrons. The normalized spacial score (nSPS) is 18.9. The highest BCUT2D eigenvalue weighted by Gasteiger charge is 2.52. The number of carbonyl (C=O) groups excluding carboxylic acids is 3. The number of furan rings is 1. The van der Waals surface area contributed by atoms with Crippen LogP contribution in [0.1, 0.15) is 12.7 Å². The van der Waals surface area contributed by atoms with E-state index in [1.54, 1.807) is 18.2 Å². The molecule has 0 unspecified atom stereocenters. The minimum Gasteiger partial charge on any atom is -0.466 e. The molecule has 0 saturated carbocycles. The Morgan fingerprint density at radius 2 is 1.83 bits per heavy atom. The van der Waals surface area contributed by atoms with Crippen LogP contribution in [0.3, 0.4) is 0 Å². The molecule has 11 heteroatoms. The maximum absolute atomic E-state index is 12.7. The summed E-state index contributed by atoms with van der Waals surface area (Å²) in [5, 5.41) is 5.60. The minimum atomic E-state index is -1.48. The van der Waals surface area contributed by atoms with Gasteiger partial charge < -0.3 is 9.73 Å². The van der Waals surface area contributed by atoms with Gasteiger partial charge in [0, 0.05) is 0 Å². The third kappa shape index (κ3) is 2.88. The number of rotatable bonds is 4. The van der Waals surface area contributed by atoms with Gasteiger partial charge in [0.05, 0.1) is 17.0 Å². The first-order valence-corrected chi connectivity index (χ1v) is 8.53. The van der Waals surface area contributed by atoms with E-state index in [-0.39, 0.29) is 16.5 Å². The number of amides is 4. The number of imide groups is 1. The fraction of sp³-hybridized carbons (Fsp3) is 0.167. The number of carbonyl (C=O) groups is 3. The number of nitrogens with zero attached hydrogens (tertiary/aromatic N) is 2. The molecule has 0 spiro atoms. The number of hydrogen-bond acceptors (Lipinski definition) is 6. The molecule has 0 bridgehead atoms. The van der Waals surface area contributed by atoms with Gasteiger partial charge >= 0.3 is 6.03 Å². The predicted octanol–water partition coefficient (Wildman–Crippen LogP) is -0.219. The van der Waals surface area contributed by atoms with Crippen molar-refractivity contribution < 1.29 is 18.8 Å². The first-order chi connectivity index (χ1) is 13.8. The standard InChI is InChI=1S/C18H15N5O6/c1-18(12-7-4-8-29-12)16(27)23(17(28)19-18)20-13(24)9-22-15(26)11-6-3-2-5-10(11)14(25)21-22/h2-8H,9H2,1H3,(H,19,28)(H,20,24)(H,21,25)/t18-/m1/s1. The average Bonchev–Trinajstić information content (AvgIpc) is 3.31. The van der Waals surface area contributed by atoms with Crippen molar-refractivity contribution in [1.29, 1.82) is 0 Å². The number of aromatic amines is 1. The Morgan fingerprint density at radius 3 is 2.52 bits per heavy atom. The largest absolute Gasteiger partial charge is 0.466 e. The van der Waals surface area contributed by atoms with Crippen molar-refractivity contribution in [2.24, 2.45) is 0 Å². The topological polar surface area (TPSA) is 147 Å². The van der Waals surface area contributed by atoms with E-state index in [1.807, 2.05) is 0 Å². The lowest BCUT2D eigenvalue weighted by atomic mass is 10.00. The zero-order valence-electron chi connectivity index (χ0n) is 15.1. The van der Waals surface area contributed by atoms with Crippen molar-refractivity contribution in [3.05, 3.63) is 69.1 Å². The van der Waals surface area contributed by atoms with Crippen molar-refractivity contribution in [1.82, 2.24) is 25.5 Å². The molecule has 2 aromatic heterocycles. The molecule has 1 fully saturated rings. The summed E-state index contributed by atoms with van der Waals surface area (Å²) in [7, 11) is 0. The number of urea groups is 1. The Balaban J connectivity index is 1.57. The highest BCUT2D eigenvalue weighted by Crippen LogP contribution is 2.28. The molecule has 11 nitrogen and oxygen atoms in total. The van der Waals surface area contributed by atoms with Gasteiger partial charge in [0.2, 0.25) is 0 Å². The summed E-state index contributed by atoms with van der Waals surface area (Å²) in [6.07, 6.45) is 1.35. The third-order valence-electron chi connectivity index (χ3n) is 4.63. The summed E-state index contributed by atoms with van der Waals surface area (Å²) < 4.78 is 6.01. The summed E-state index contributed by atoms with van der Waals surface area (Å²) in [5.74, 6) is -1.42. The summed E-state index contributed by atoms with van der Waals surface area (Å²) in [4.78, 5) is 61.8. The Kier molecular flexibility index (Phi) is 4.07. The van der Waals surface area contributed by atoms with E-state index in [0.717, 1.165) is 4.68 Å². The van der Waals surface area contributed by atoms with E-state index < -0.39 is 41.0 Å². The fourth-order valence-corrected chi connectivity index (χ4v) is 3.13. The lowest BCUT2D eigenvalue weighted by molar-refractivity contribution is -0.139. The van der Waals surface area contributed by atoms with Gasteiger partial charge in [-0.2, -0.15) is 5.01 Å². The molecule has 3 heterocycles. The van der Waals surface area contributed by atoms with Crippen LogP contribution in [0.4, 0.5) is 4.79 Å². The first-order valence-electron chi connectivity index (χ1n) is 8.53. The molecule has 4 amide bonds. The van der Waals surface area contributed by atoms with Crippen molar-refractivity contribution in [3.63, 3.8) is 0 Å². The second-order valence-electron chi connectivity index (χ2n) is 6.59. The Hall–Kier alpha value is -4.15. The van der Waals surface area contributed by atoms with Crippen molar-refractivity contribution in [2.45, 2.75) is 19.0 Å². The minimum absolute atomic E-state index is 0.143. The number of H-pyrrole nitrogens is 1. The first kappa shape index (κ1) is 18.2. The molecule has 1 saturated heterocycles. The molecule has 1 aromatic carbocycles. The monoisotopic (exact) mass is 397 g/mol. The summed E-state index contributed by atoms with van der Waals surface area (Å²) in [5.41, 5.74) is -0.474. The van der Waals surface area contributed by atoms with E-state index in [1.165, 1.54) is 31.4 Å². The van der Waals surface area contributed by atoms with Crippen LogP contribution in [0.5, 0.6) is 0 Å². The third-order valence-corrected chi connectivity index (χ3v) is 4.63. The van der Waals surface area contributed by atoms with Gasteiger partial charge in [-0.05, 0) is 31.2 Å². The summed E-state index contributed by atoms with van der Waals surface area (Å²) in [6, 6.07) is 8.38. The maximum atomic E-state index is 12.7. The molecule has 0 radical (unpaired) electrons. The van der Waals surface area contributed by atoms with Crippen LogP contribution in [0.25, 0.3) is 10.8 Å². The Bertz CT molecular complexity index is 1260. The van der Waals surface area contributed by atoms with Crippen molar-refractivity contribution in [2.75, 3.05) is 0 Å². The predicted molar refractivity (Wildman–Crippen MR) is 98.4 cm³/mol. The quantitative estimate of drug-likeness (QED) is 0.519. The van der Waals surface area contributed by atoms with E-state index in [9.17, 15) is 24.0 Å². The number of hydrazine groups is 1. The number of aromatic nitrogens is 2. The zero-order chi connectivity index (χ0) is 20.8. The Morgan fingerprint density at radius 1 is 1.10 bits per heavy atom. The Labute approximate surface area is 161 Å². The molecule has 1 aliphatic heterocycles. The molecule has 0 aliphatic carbocycles. The molecular weight excluding hydrogens is 382 g/mol. The van der Waals surface area contributed by atoms with Crippen LogP contribution >= 0.6 is 0 Å². The SMILES string of the molecule is C[C@]1(c2ccco2)NC(=O)N(NC(=O)Cn2[nH]c(=O)c3ccccc3c2=O)C1=O. The van der Waals surface area contributed by atoms with Gasteiger partial charge in [0.25, 0.3) is 22.9 Å². The van der Waals surface area contributed by atoms with E-state index in [0.29, 0.717) is 5.01 Å². The van der Waals surface area contributed by atoms with E-state index in [2.05, 4.69) is 15.8 Å². The number of fused-ring (bicyclic) bond motifs is 1. The smallest absolute Gasteiger partial charge is 0.344 e. The lowest BCUT2D eigenvalue weighted by Crippen LogP contribution is -2.49. The van der Waals surface area contributed by atoms with Crippen LogP contribution in [-0.2, 0) is 21.7 Å². The molecule has 1 aliphatic rings. The summed E-state index contributed by atoms with van der Waals surface area (Å²) >= 11 is 0. The number of hydrogen-bond donors (Lipinski definition) is 3. The zero-order valence-corrected chi connectivity index (χ0v) is 15.1. The van der Waals surface area contributed by atoms with Crippen LogP contribution in [-0.4, -0.2) is 32.6 Å². The molecular formula is C18H15N5O6. The van der Waals surface area contributed by atoms with Crippen molar-refractivity contribution in [3.8, 4) is 0 Å². The van der Waals surface area contributed by atoms with Gasteiger partial charge in [-0.3, -0.25) is 29.7 Å². The van der Waals surface area contributed by atoms with Gasteiger partial charge in [0.1, 0.15) is 12.3 Å². The molecule has 1 atom stereocenters. The fourth-order valence-electron chi connectivity index (χ4n) is 3.13.